The molecular formula is C17H9Cl2FN4. The summed E-state index contributed by atoms with van der Waals surface area (Å²) < 4.78 is 13.3. The van der Waals surface area contributed by atoms with E-state index in [4.69, 9.17) is 23.2 Å². The van der Waals surface area contributed by atoms with Gasteiger partial charge >= 0.3 is 0 Å². The maximum atomic E-state index is 13.3. The van der Waals surface area contributed by atoms with Gasteiger partial charge in [-0.2, -0.15) is 0 Å². The lowest BCUT2D eigenvalue weighted by Gasteiger charge is -2.05. The zero-order valence-electron chi connectivity index (χ0n) is 12.1. The van der Waals surface area contributed by atoms with Crippen molar-refractivity contribution in [3.63, 3.8) is 0 Å². The normalized spacial score (nSPS) is 11.1. The van der Waals surface area contributed by atoms with Gasteiger partial charge in [0.25, 0.3) is 0 Å². The van der Waals surface area contributed by atoms with Crippen molar-refractivity contribution < 1.29 is 4.39 Å². The highest BCUT2D eigenvalue weighted by molar-refractivity contribution is 6.30. The summed E-state index contributed by atoms with van der Waals surface area (Å²) in [6.45, 7) is 0. The Kier molecular flexibility index (Phi) is 3.67. The van der Waals surface area contributed by atoms with Crippen LogP contribution in [0.15, 0.2) is 48.8 Å². The largest absolute Gasteiger partial charge is 0.337 e. The first-order chi connectivity index (χ1) is 11.6. The fourth-order valence-corrected chi connectivity index (χ4v) is 2.92. The van der Waals surface area contributed by atoms with Crippen LogP contribution in [-0.2, 0) is 0 Å². The van der Waals surface area contributed by atoms with Crippen molar-refractivity contribution in [2.24, 2.45) is 0 Å². The molecule has 118 valence electrons. The molecule has 1 aromatic carbocycles. The van der Waals surface area contributed by atoms with Crippen LogP contribution >= 0.6 is 23.2 Å². The van der Waals surface area contributed by atoms with Crippen LogP contribution in [0.2, 0.25) is 10.3 Å². The summed E-state index contributed by atoms with van der Waals surface area (Å²) in [6.07, 6.45) is 3.10. The summed E-state index contributed by atoms with van der Waals surface area (Å²) in [7, 11) is 0. The van der Waals surface area contributed by atoms with Crippen LogP contribution in [-0.4, -0.2) is 19.9 Å². The van der Waals surface area contributed by atoms with Gasteiger partial charge in [-0.25, -0.2) is 19.3 Å². The number of benzene rings is 1. The molecule has 1 N–H and O–H groups in total. The molecule has 0 aliphatic heterocycles. The van der Waals surface area contributed by atoms with Crippen molar-refractivity contribution in [2.75, 3.05) is 0 Å². The number of aromatic nitrogens is 4. The van der Waals surface area contributed by atoms with E-state index >= 15 is 0 Å². The monoisotopic (exact) mass is 358 g/mol. The zero-order chi connectivity index (χ0) is 16.7. The lowest BCUT2D eigenvalue weighted by Crippen LogP contribution is -1.85. The second-order valence-electron chi connectivity index (χ2n) is 5.14. The summed E-state index contributed by atoms with van der Waals surface area (Å²) in [5.74, 6) is -0.304. The van der Waals surface area contributed by atoms with E-state index in [1.165, 1.54) is 18.3 Å². The van der Waals surface area contributed by atoms with Crippen LogP contribution < -0.4 is 0 Å². The number of nitrogens with one attached hydrogen (secondary N) is 1. The predicted molar refractivity (Wildman–Crippen MR) is 92.5 cm³/mol. The number of hydrogen-bond acceptors (Lipinski definition) is 3. The van der Waals surface area contributed by atoms with Crippen molar-refractivity contribution in [1.29, 1.82) is 0 Å². The minimum atomic E-state index is -0.304. The predicted octanol–water partition coefficient (Wildman–Crippen LogP) is 5.13. The van der Waals surface area contributed by atoms with Crippen molar-refractivity contribution in [3.05, 3.63) is 64.9 Å². The Bertz CT molecular complexity index is 1040. The zero-order valence-corrected chi connectivity index (χ0v) is 13.6. The van der Waals surface area contributed by atoms with Crippen molar-refractivity contribution >= 4 is 34.4 Å². The first-order valence-corrected chi connectivity index (χ1v) is 7.79. The molecule has 0 saturated heterocycles. The molecule has 7 heteroatoms. The van der Waals surface area contributed by atoms with Gasteiger partial charge in [-0.3, -0.25) is 0 Å². The van der Waals surface area contributed by atoms with Gasteiger partial charge in [0.15, 0.2) is 5.65 Å². The van der Waals surface area contributed by atoms with E-state index in [0.717, 1.165) is 22.4 Å². The molecule has 0 spiro atoms. The quantitative estimate of drug-likeness (QED) is 0.505. The minimum absolute atomic E-state index is 0.286. The molecule has 4 rings (SSSR count). The van der Waals surface area contributed by atoms with E-state index in [1.807, 2.05) is 6.07 Å². The van der Waals surface area contributed by atoms with Gasteiger partial charge in [0, 0.05) is 17.3 Å². The molecule has 0 radical (unpaired) electrons. The van der Waals surface area contributed by atoms with Gasteiger partial charge in [-0.1, -0.05) is 35.3 Å². The number of nitrogens with zero attached hydrogens (tertiary/aromatic N) is 3. The van der Waals surface area contributed by atoms with Gasteiger partial charge in [-0.05, 0) is 29.8 Å². The van der Waals surface area contributed by atoms with Crippen molar-refractivity contribution in [1.82, 2.24) is 19.9 Å². The smallest absolute Gasteiger partial charge is 0.158 e. The number of aromatic amines is 1. The Morgan fingerprint density at radius 1 is 0.917 bits per heavy atom. The SMILES string of the molecule is Fc1ccc(-c2c(-c3ccnc(Cl)c3)[nH]c3nc(Cl)cnc23)cc1. The first-order valence-electron chi connectivity index (χ1n) is 7.04. The molecule has 3 heterocycles. The topological polar surface area (TPSA) is 54.5 Å². The molecule has 0 fully saturated rings. The Balaban J connectivity index is 2.05. The highest BCUT2D eigenvalue weighted by atomic mass is 35.5. The lowest BCUT2D eigenvalue weighted by atomic mass is 10.0. The maximum Gasteiger partial charge on any atom is 0.158 e. The Labute approximate surface area is 146 Å². The molecule has 4 nitrogen and oxygen atoms in total. The molecule has 0 atom stereocenters. The Morgan fingerprint density at radius 2 is 1.71 bits per heavy atom. The van der Waals surface area contributed by atoms with Crippen molar-refractivity contribution in [3.8, 4) is 22.4 Å². The second-order valence-corrected chi connectivity index (χ2v) is 5.91. The summed E-state index contributed by atoms with van der Waals surface area (Å²) >= 11 is 12.0. The summed E-state index contributed by atoms with van der Waals surface area (Å²) in [5.41, 5.74) is 4.39. The van der Waals surface area contributed by atoms with Gasteiger partial charge in [0.05, 0.1) is 11.9 Å². The van der Waals surface area contributed by atoms with Crippen LogP contribution in [0.5, 0.6) is 0 Å². The summed E-state index contributed by atoms with van der Waals surface area (Å²) in [5, 5.41) is 0.656. The molecule has 0 bridgehead atoms. The standard InChI is InChI=1S/C17H9Cl2FN4/c18-12-7-10(5-6-21-12)15-14(9-1-3-11(20)4-2-9)16-17(24-15)23-13(19)8-22-16/h1-8H,(H,23,24). The van der Waals surface area contributed by atoms with Crippen molar-refractivity contribution in [2.45, 2.75) is 0 Å². The molecule has 0 unspecified atom stereocenters. The average Bonchev–Trinajstić information content (AvgIpc) is 2.94. The third kappa shape index (κ3) is 2.62. The van der Waals surface area contributed by atoms with E-state index in [0.29, 0.717) is 16.3 Å². The fourth-order valence-electron chi connectivity index (χ4n) is 2.61. The number of hydrogen-bond donors (Lipinski definition) is 1. The third-order valence-electron chi connectivity index (χ3n) is 3.62. The van der Waals surface area contributed by atoms with E-state index in [1.54, 1.807) is 24.4 Å². The molecule has 0 aliphatic rings. The van der Waals surface area contributed by atoms with Crippen LogP contribution in [0.4, 0.5) is 4.39 Å². The molecule has 3 aromatic heterocycles. The molecule has 0 aliphatic carbocycles. The Hall–Kier alpha value is -2.50. The highest BCUT2D eigenvalue weighted by Gasteiger charge is 2.18. The minimum Gasteiger partial charge on any atom is -0.337 e. The van der Waals surface area contributed by atoms with E-state index in [2.05, 4.69) is 19.9 Å². The molecule has 0 saturated carbocycles. The highest BCUT2D eigenvalue weighted by Crippen LogP contribution is 2.37. The van der Waals surface area contributed by atoms with Gasteiger partial charge in [0.1, 0.15) is 21.6 Å². The van der Waals surface area contributed by atoms with Crippen LogP contribution in [0.25, 0.3) is 33.5 Å². The van der Waals surface area contributed by atoms with Gasteiger partial charge in [0.2, 0.25) is 0 Å². The molecular weight excluding hydrogens is 350 g/mol. The molecule has 0 amide bonds. The van der Waals surface area contributed by atoms with Gasteiger partial charge in [-0.15, -0.1) is 0 Å². The summed E-state index contributed by atoms with van der Waals surface area (Å²) in [4.78, 5) is 15.9. The van der Waals surface area contributed by atoms with E-state index in [9.17, 15) is 4.39 Å². The van der Waals surface area contributed by atoms with Crippen LogP contribution in [0.1, 0.15) is 0 Å². The Morgan fingerprint density at radius 3 is 2.46 bits per heavy atom. The first kappa shape index (κ1) is 15.1. The lowest BCUT2D eigenvalue weighted by molar-refractivity contribution is 0.628. The molecule has 24 heavy (non-hydrogen) atoms. The second kappa shape index (κ2) is 5.85. The number of pyridine rings is 1. The summed E-state index contributed by atoms with van der Waals surface area (Å²) in [6, 6.07) is 9.76. The van der Waals surface area contributed by atoms with Gasteiger partial charge < -0.3 is 4.98 Å². The van der Waals surface area contributed by atoms with E-state index < -0.39 is 0 Å². The fraction of sp³-hybridized carbons (Fsp3) is 0. The third-order valence-corrected chi connectivity index (χ3v) is 4.01. The number of fused-ring (bicyclic) bond motifs is 1. The average molecular weight is 359 g/mol. The molecule has 4 aromatic rings. The van der Waals surface area contributed by atoms with Crippen LogP contribution in [0.3, 0.4) is 0 Å². The van der Waals surface area contributed by atoms with Crippen LogP contribution in [0, 0.1) is 5.82 Å². The number of rotatable bonds is 2. The van der Waals surface area contributed by atoms with E-state index in [-0.39, 0.29) is 11.0 Å². The number of halogens is 3. The number of H-pyrrole nitrogens is 1. The maximum absolute atomic E-state index is 13.3.